The van der Waals surface area contributed by atoms with Gasteiger partial charge >= 0.3 is 5.97 Å². The van der Waals surface area contributed by atoms with Gasteiger partial charge in [0, 0.05) is 13.6 Å². The lowest BCUT2D eigenvalue weighted by Gasteiger charge is -2.17. The highest BCUT2D eigenvalue weighted by molar-refractivity contribution is 5.91. The summed E-state index contributed by atoms with van der Waals surface area (Å²) in [5.41, 5.74) is 0.747. The van der Waals surface area contributed by atoms with Gasteiger partial charge < -0.3 is 14.4 Å². The van der Waals surface area contributed by atoms with Crippen molar-refractivity contribution >= 4 is 22.6 Å². The molecule has 28 heavy (non-hydrogen) atoms. The molecule has 0 aromatic heterocycles. The van der Waals surface area contributed by atoms with Crippen LogP contribution in [0, 0.1) is 5.82 Å². The predicted molar refractivity (Wildman–Crippen MR) is 104 cm³/mol. The number of carbonyl (C=O) groups is 2. The number of carbonyl (C=O) groups excluding carboxylic acids is 2. The number of fused-ring (bicyclic) bond motifs is 1. The fraction of sp³-hybridized carbons (Fsp3) is 0.182. The molecule has 0 saturated carbocycles. The molecule has 0 aliphatic carbocycles. The summed E-state index contributed by atoms with van der Waals surface area (Å²) in [6, 6.07) is 17.1. The molecule has 144 valence electrons. The van der Waals surface area contributed by atoms with Crippen molar-refractivity contribution in [2.75, 3.05) is 20.8 Å². The van der Waals surface area contributed by atoms with Crippen molar-refractivity contribution in [3.05, 3.63) is 77.6 Å². The van der Waals surface area contributed by atoms with E-state index in [4.69, 9.17) is 9.47 Å². The Bertz CT molecular complexity index is 1020. The number of halogens is 1. The molecule has 0 atom stereocenters. The highest BCUT2D eigenvalue weighted by Crippen LogP contribution is 2.22. The molecule has 0 aliphatic rings. The molecule has 0 fully saturated rings. The van der Waals surface area contributed by atoms with Crippen LogP contribution in [0.4, 0.5) is 4.39 Å². The number of esters is 1. The lowest BCUT2D eigenvalue weighted by atomic mass is 10.1. The monoisotopic (exact) mass is 381 g/mol. The van der Waals surface area contributed by atoms with E-state index in [2.05, 4.69) is 0 Å². The Kier molecular flexibility index (Phi) is 5.89. The van der Waals surface area contributed by atoms with Crippen LogP contribution in [0.3, 0.4) is 0 Å². The fourth-order valence-corrected chi connectivity index (χ4v) is 2.80. The number of benzene rings is 3. The minimum Gasteiger partial charge on any atom is -0.497 e. The van der Waals surface area contributed by atoms with E-state index in [-0.39, 0.29) is 11.5 Å². The number of methoxy groups -OCH3 is 1. The van der Waals surface area contributed by atoms with Crippen molar-refractivity contribution in [3.8, 4) is 5.75 Å². The smallest absolute Gasteiger partial charge is 0.341 e. The molecule has 3 rings (SSSR count). The second-order valence-corrected chi connectivity index (χ2v) is 6.35. The zero-order chi connectivity index (χ0) is 20.1. The van der Waals surface area contributed by atoms with Crippen LogP contribution in [0.15, 0.2) is 60.7 Å². The molecule has 3 aromatic rings. The summed E-state index contributed by atoms with van der Waals surface area (Å²) in [6.07, 6.45) is 0. The van der Waals surface area contributed by atoms with Gasteiger partial charge in [0.25, 0.3) is 5.91 Å². The third-order valence-electron chi connectivity index (χ3n) is 4.38. The van der Waals surface area contributed by atoms with Crippen LogP contribution < -0.4 is 4.74 Å². The van der Waals surface area contributed by atoms with Crippen molar-refractivity contribution in [2.45, 2.75) is 6.54 Å². The van der Waals surface area contributed by atoms with E-state index < -0.39 is 18.4 Å². The number of ether oxygens (including phenoxy) is 2. The molecule has 0 aliphatic heterocycles. The lowest BCUT2D eigenvalue weighted by Crippen LogP contribution is -2.30. The Morgan fingerprint density at radius 1 is 1.00 bits per heavy atom. The molecule has 1 amide bonds. The molecule has 0 saturated heterocycles. The van der Waals surface area contributed by atoms with Gasteiger partial charge in [0.15, 0.2) is 6.61 Å². The average molecular weight is 381 g/mol. The van der Waals surface area contributed by atoms with Crippen LogP contribution in [-0.4, -0.2) is 37.5 Å². The van der Waals surface area contributed by atoms with Gasteiger partial charge in [-0.1, -0.05) is 30.3 Å². The predicted octanol–water partition coefficient (Wildman–Crippen LogP) is 3.80. The topological polar surface area (TPSA) is 55.8 Å². The maximum Gasteiger partial charge on any atom is 0.341 e. The van der Waals surface area contributed by atoms with Crippen LogP contribution in [0.2, 0.25) is 0 Å². The largest absolute Gasteiger partial charge is 0.497 e. The van der Waals surface area contributed by atoms with Crippen molar-refractivity contribution in [1.29, 1.82) is 0 Å². The van der Waals surface area contributed by atoms with Crippen molar-refractivity contribution in [2.24, 2.45) is 0 Å². The molecular formula is C22H20FNO4. The Morgan fingerprint density at radius 3 is 2.46 bits per heavy atom. The van der Waals surface area contributed by atoms with Crippen LogP contribution in [0.25, 0.3) is 10.8 Å². The van der Waals surface area contributed by atoms with Crippen LogP contribution in [0.1, 0.15) is 15.9 Å². The molecule has 0 spiro atoms. The summed E-state index contributed by atoms with van der Waals surface area (Å²) < 4.78 is 23.7. The van der Waals surface area contributed by atoms with E-state index in [1.165, 1.54) is 29.2 Å². The van der Waals surface area contributed by atoms with E-state index in [0.29, 0.717) is 6.54 Å². The Hall–Kier alpha value is -3.41. The van der Waals surface area contributed by atoms with Gasteiger partial charge in [-0.3, -0.25) is 4.79 Å². The number of amides is 1. The number of nitrogens with zero attached hydrogens (tertiary/aromatic N) is 1. The molecule has 0 radical (unpaired) electrons. The summed E-state index contributed by atoms with van der Waals surface area (Å²) in [6.45, 7) is -0.0908. The maximum absolute atomic E-state index is 13.6. The van der Waals surface area contributed by atoms with Gasteiger partial charge in [-0.05, 0) is 46.7 Å². The second kappa shape index (κ2) is 8.52. The quantitative estimate of drug-likeness (QED) is 0.610. The zero-order valence-electron chi connectivity index (χ0n) is 15.6. The highest BCUT2D eigenvalue weighted by Gasteiger charge is 2.16. The molecule has 0 N–H and O–H groups in total. The van der Waals surface area contributed by atoms with Crippen LogP contribution in [-0.2, 0) is 16.1 Å². The third-order valence-corrected chi connectivity index (χ3v) is 4.38. The van der Waals surface area contributed by atoms with Gasteiger partial charge in [0.1, 0.15) is 11.6 Å². The van der Waals surface area contributed by atoms with E-state index in [1.807, 2.05) is 36.4 Å². The number of hydrogen-bond donors (Lipinski definition) is 0. The summed E-state index contributed by atoms with van der Waals surface area (Å²) in [5, 5.41) is 2.07. The zero-order valence-corrected chi connectivity index (χ0v) is 15.6. The standard InChI is InChI=1S/C22H20FNO4/c1-24(21(25)14-28-22(26)19-5-3-4-6-20(19)23)13-15-7-8-17-12-18(27-2)10-9-16(17)11-15/h3-12H,13-14H2,1-2H3. The average Bonchev–Trinajstić information content (AvgIpc) is 2.71. The first-order chi connectivity index (χ1) is 13.5. The Morgan fingerprint density at radius 2 is 1.71 bits per heavy atom. The maximum atomic E-state index is 13.6. The van der Waals surface area contributed by atoms with Gasteiger partial charge in [-0.15, -0.1) is 0 Å². The van der Waals surface area contributed by atoms with Crippen LogP contribution >= 0.6 is 0 Å². The molecule has 5 nitrogen and oxygen atoms in total. The van der Waals surface area contributed by atoms with E-state index in [9.17, 15) is 14.0 Å². The van der Waals surface area contributed by atoms with Gasteiger partial charge in [-0.2, -0.15) is 0 Å². The van der Waals surface area contributed by atoms with Gasteiger partial charge in [-0.25, -0.2) is 9.18 Å². The Balaban J connectivity index is 1.60. The molecule has 0 heterocycles. The molecule has 0 bridgehead atoms. The number of likely N-dealkylation sites (N-methyl/N-ethyl adjacent to an activating group) is 1. The normalized spacial score (nSPS) is 10.5. The number of rotatable bonds is 6. The van der Waals surface area contributed by atoms with E-state index >= 15 is 0 Å². The highest BCUT2D eigenvalue weighted by atomic mass is 19.1. The molecule has 0 unspecified atom stereocenters. The SMILES string of the molecule is COc1ccc2cc(CN(C)C(=O)COC(=O)c3ccccc3F)ccc2c1. The molecule has 6 heteroatoms. The third kappa shape index (κ3) is 4.46. The fourth-order valence-electron chi connectivity index (χ4n) is 2.80. The summed E-state index contributed by atoms with van der Waals surface area (Å²) in [5.74, 6) is -1.13. The summed E-state index contributed by atoms with van der Waals surface area (Å²) in [4.78, 5) is 25.6. The van der Waals surface area contributed by atoms with E-state index in [0.717, 1.165) is 22.1 Å². The van der Waals surface area contributed by atoms with Gasteiger partial charge in [0.2, 0.25) is 0 Å². The second-order valence-electron chi connectivity index (χ2n) is 6.35. The first-order valence-electron chi connectivity index (χ1n) is 8.70. The van der Waals surface area contributed by atoms with Gasteiger partial charge in [0.05, 0.1) is 12.7 Å². The summed E-state index contributed by atoms with van der Waals surface area (Å²) in [7, 11) is 3.24. The first kappa shape index (κ1) is 19.4. The minimum absolute atomic E-state index is 0.192. The number of hydrogen-bond acceptors (Lipinski definition) is 4. The lowest BCUT2D eigenvalue weighted by molar-refractivity contribution is -0.133. The van der Waals surface area contributed by atoms with E-state index in [1.54, 1.807) is 14.2 Å². The van der Waals surface area contributed by atoms with Crippen molar-refractivity contribution in [3.63, 3.8) is 0 Å². The Labute approximate surface area is 162 Å². The first-order valence-corrected chi connectivity index (χ1v) is 8.70. The van der Waals surface area contributed by atoms with Crippen molar-refractivity contribution < 1.29 is 23.5 Å². The van der Waals surface area contributed by atoms with Crippen LogP contribution in [0.5, 0.6) is 5.75 Å². The summed E-state index contributed by atoms with van der Waals surface area (Å²) >= 11 is 0. The molecular weight excluding hydrogens is 361 g/mol. The minimum atomic E-state index is -0.862. The van der Waals surface area contributed by atoms with Crippen molar-refractivity contribution in [1.82, 2.24) is 4.90 Å². The molecule has 3 aromatic carbocycles.